The molecule has 0 radical (unpaired) electrons. The lowest BCUT2D eigenvalue weighted by Crippen LogP contribution is -2.39. The first-order valence-electron chi connectivity index (χ1n) is 23.3. The Bertz CT molecular complexity index is 2320. The Morgan fingerprint density at radius 2 is 0.608 bits per heavy atom. The van der Waals surface area contributed by atoms with Crippen LogP contribution in [0.5, 0.6) is 0 Å². The molecule has 0 amide bonds. The van der Waals surface area contributed by atoms with Gasteiger partial charge in [-0.25, -0.2) is 0 Å². The van der Waals surface area contributed by atoms with Crippen molar-refractivity contribution in [3.63, 3.8) is 0 Å². The molecular weight excluding hydrogens is 1050 g/mol. The van der Waals surface area contributed by atoms with Crippen molar-refractivity contribution >= 4 is 23.4 Å². The minimum atomic E-state index is -5.84. The molecule has 4 aromatic carbocycles. The highest BCUT2D eigenvalue weighted by atomic mass is 31.2. The number of hydrogen-bond donors (Lipinski definition) is 4. The standard InChI is InChI=1S/C50H63F8O13P3/c1-33(2)66-29-45(30-67-34(3)4,27-39-13-21-43(22-14-39)49(55,56)73(60,61)62)25-37-9-17-41(18-10-37)47(51,52)70-72(59)71-48(53,54)42-19-11-38(12-20-42)26-46(31-68-35(5)6,32-69-36(7)8)28-40-15-23-44(24-16-40)50(57,58)74(63,64)65/h9-24,33-36H,25-32H2,1-8H3,(H3-,60,61,62,63,64,65)/p+1. The third-order valence-electron chi connectivity index (χ3n) is 11.5. The average Bonchev–Trinajstić information content (AvgIpc) is 3.28. The Kier molecular flexibility index (Phi) is 21.5. The molecule has 0 unspecified atom stereocenters. The highest BCUT2D eigenvalue weighted by molar-refractivity contribution is 7.52. The molecule has 0 saturated carbocycles. The number of rotatable bonds is 30. The third-order valence-corrected chi connectivity index (χ3v) is 14.2. The van der Waals surface area contributed by atoms with E-state index < -0.39 is 80.1 Å². The molecule has 24 heteroatoms. The van der Waals surface area contributed by atoms with Crippen molar-refractivity contribution in [3.8, 4) is 0 Å². The number of halogens is 8. The predicted octanol–water partition coefficient (Wildman–Crippen LogP) is 12.9. The summed E-state index contributed by atoms with van der Waals surface area (Å²) >= 11 is 0. The molecule has 0 aliphatic carbocycles. The van der Waals surface area contributed by atoms with Crippen LogP contribution in [0.4, 0.5) is 35.1 Å². The van der Waals surface area contributed by atoms with Gasteiger partial charge in [0.1, 0.15) is 0 Å². The summed E-state index contributed by atoms with van der Waals surface area (Å²) < 4.78 is 188. The Balaban J connectivity index is 1.52. The SMILES string of the molecule is CC(C)OCC(COC(C)C)(Cc1ccc(C(F)(F)O[P+](=O)OC(F)(F)c2ccc(CC(COC(C)C)(COC(C)C)Cc3ccc(C(F)(F)P(=O)(O)O)cc3)cc2)cc1)Cc1ccc(C(F)(F)P(=O)(O)O)cc1. The highest BCUT2D eigenvalue weighted by Gasteiger charge is 2.53. The van der Waals surface area contributed by atoms with Crippen LogP contribution in [0.3, 0.4) is 0 Å². The Labute approximate surface area is 426 Å². The van der Waals surface area contributed by atoms with Gasteiger partial charge < -0.3 is 38.5 Å². The highest BCUT2D eigenvalue weighted by Crippen LogP contribution is 2.60. The van der Waals surface area contributed by atoms with E-state index >= 15 is 17.6 Å². The third kappa shape index (κ3) is 17.8. The molecule has 0 saturated heterocycles. The Hall–Kier alpha value is -3.52. The van der Waals surface area contributed by atoms with Crippen LogP contribution >= 0.6 is 23.4 Å². The summed E-state index contributed by atoms with van der Waals surface area (Å²) in [6.45, 7) is 14.3. The molecule has 0 aliphatic heterocycles. The van der Waals surface area contributed by atoms with Gasteiger partial charge in [0.25, 0.3) is 0 Å². The topological polar surface area (TPSA) is 188 Å². The zero-order valence-corrected chi connectivity index (χ0v) is 44.7. The molecule has 4 N–H and O–H groups in total. The summed E-state index contributed by atoms with van der Waals surface area (Å²) in [5, 5.41) is 0. The minimum absolute atomic E-state index is 0.0325. The van der Waals surface area contributed by atoms with Gasteiger partial charge in [-0.2, -0.15) is 35.1 Å². The second-order valence-corrected chi connectivity index (χ2v) is 23.7. The van der Waals surface area contributed by atoms with E-state index in [1.807, 2.05) is 0 Å². The van der Waals surface area contributed by atoms with E-state index in [1.54, 1.807) is 55.4 Å². The predicted molar refractivity (Wildman–Crippen MR) is 259 cm³/mol. The number of alkyl halides is 8. The summed E-state index contributed by atoms with van der Waals surface area (Å²) in [6, 6.07) is 17.7. The van der Waals surface area contributed by atoms with Gasteiger partial charge in [-0.05, 0) is 137 Å². The normalized spacial score (nSPS) is 13.7. The van der Waals surface area contributed by atoms with Gasteiger partial charge >= 0.3 is 47.0 Å². The van der Waals surface area contributed by atoms with E-state index in [4.69, 9.17) is 18.9 Å². The van der Waals surface area contributed by atoms with Gasteiger partial charge in [0, 0.05) is 26.5 Å². The summed E-state index contributed by atoms with van der Waals surface area (Å²) in [7, 11) is -15.9. The number of ether oxygens (including phenoxy) is 4. The van der Waals surface area contributed by atoms with E-state index in [2.05, 4.69) is 9.05 Å². The molecule has 0 heterocycles. The zero-order chi connectivity index (χ0) is 55.7. The second-order valence-electron chi connectivity index (χ2n) is 19.5. The van der Waals surface area contributed by atoms with Crippen LogP contribution in [-0.2, 0) is 90.9 Å². The largest absolute Gasteiger partial charge is 0.710 e. The molecular formula is C50H64F8O13P3+. The van der Waals surface area contributed by atoms with Gasteiger partial charge in [0.2, 0.25) is 0 Å². The van der Waals surface area contributed by atoms with Crippen LogP contribution in [0.1, 0.15) is 99.9 Å². The quantitative estimate of drug-likeness (QED) is 0.0286. The summed E-state index contributed by atoms with van der Waals surface area (Å²) in [4.78, 5) is 36.8. The number of hydrogen-bond acceptors (Lipinski definition) is 9. The van der Waals surface area contributed by atoms with Gasteiger partial charge in [-0.1, -0.05) is 72.8 Å². The maximum absolute atomic E-state index is 15.5. The molecule has 0 fully saturated rings. The fourth-order valence-corrected chi connectivity index (χ4v) is 9.24. The lowest BCUT2D eigenvalue weighted by molar-refractivity contribution is -0.220. The molecule has 0 aliphatic rings. The smallest absolute Gasteiger partial charge is 0.378 e. The average molecular weight is 1120 g/mol. The van der Waals surface area contributed by atoms with Crippen LogP contribution in [0, 0.1) is 10.8 Å². The molecule has 0 aromatic heterocycles. The van der Waals surface area contributed by atoms with Crippen LogP contribution in [-0.4, -0.2) is 70.4 Å². The molecule has 0 atom stereocenters. The van der Waals surface area contributed by atoms with Crippen molar-refractivity contribution < 1.29 is 96.4 Å². The van der Waals surface area contributed by atoms with Crippen LogP contribution in [0.2, 0.25) is 0 Å². The van der Waals surface area contributed by atoms with Crippen LogP contribution in [0.15, 0.2) is 97.1 Å². The maximum atomic E-state index is 15.5. The molecule has 412 valence electrons. The van der Waals surface area contributed by atoms with Crippen molar-refractivity contribution in [1.29, 1.82) is 0 Å². The van der Waals surface area contributed by atoms with E-state index in [0.29, 0.717) is 22.3 Å². The van der Waals surface area contributed by atoms with E-state index in [-0.39, 0.29) is 76.5 Å². The van der Waals surface area contributed by atoms with E-state index in [0.717, 1.165) is 48.5 Å². The van der Waals surface area contributed by atoms with Crippen molar-refractivity contribution in [2.45, 2.75) is 129 Å². The monoisotopic (exact) mass is 1120 g/mol. The first-order chi connectivity index (χ1) is 34.0. The molecule has 74 heavy (non-hydrogen) atoms. The van der Waals surface area contributed by atoms with Crippen LogP contribution in [0.25, 0.3) is 0 Å². The summed E-state index contributed by atoms with van der Waals surface area (Å²) in [5.41, 5.74) is -12.5. The fraction of sp³-hybridized carbons (Fsp3) is 0.520. The van der Waals surface area contributed by atoms with Crippen molar-refractivity contribution in [3.05, 3.63) is 142 Å². The Morgan fingerprint density at radius 3 is 0.797 bits per heavy atom. The lowest BCUT2D eigenvalue weighted by atomic mass is 9.77. The summed E-state index contributed by atoms with van der Waals surface area (Å²) in [6.07, 6.45) is -9.56. The fourth-order valence-electron chi connectivity index (χ4n) is 7.65. The molecule has 4 rings (SSSR count). The first-order valence-corrected chi connectivity index (χ1v) is 27.6. The van der Waals surface area contributed by atoms with Crippen molar-refractivity contribution in [2.75, 3.05) is 26.4 Å². The minimum Gasteiger partial charge on any atom is -0.378 e. The molecule has 13 nitrogen and oxygen atoms in total. The first kappa shape index (κ1) is 63.0. The number of benzene rings is 4. The van der Waals surface area contributed by atoms with Crippen LogP contribution < -0.4 is 0 Å². The Morgan fingerprint density at radius 1 is 0.405 bits per heavy atom. The maximum Gasteiger partial charge on any atom is 0.710 e. The molecule has 0 spiro atoms. The van der Waals surface area contributed by atoms with Crippen molar-refractivity contribution in [1.82, 2.24) is 0 Å². The van der Waals surface area contributed by atoms with Gasteiger partial charge in [0.15, 0.2) is 0 Å². The lowest BCUT2D eigenvalue weighted by Gasteiger charge is -2.35. The second kappa shape index (κ2) is 25.3. The van der Waals surface area contributed by atoms with Crippen molar-refractivity contribution in [2.24, 2.45) is 10.8 Å². The van der Waals surface area contributed by atoms with E-state index in [1.165, 1.54) is 48.5 Å². The van der Waals surface area contributed by atoms with Gasteiger partial charge in [-0.3, -0.25) is 9.13 Å². The van der Waals surface area contributed by atoms with Gasteiger partial charge in [-0.15, -0.1) is 0 Å². The van der Waals surface area contributed by atoms with Gasteiger partial charge in [0.05, 0.1) is 62.0 Å². The molecule has 0 bridgehead atoms. The van der Waals surface area contributed by atoms with E-state index in [9.17, 15) is 50.8 Å². The summed E-state index contributed by atoms with van der Waals surface area (Å²) in [5.74, 6) is 0. The molecule has 4 aromatic rings. The zero-order valence-electron chi connectivity index (χ0n) is 42.0.